The SMILES string of the molecule is Nc1ncn([C@@H]2OCC(O)C[C@@H](O)C2O)c(=O)n1. The van der Waals surface area contributed by atoms with E-state index in [0.717, 1.165) is 10.9 Å². The molecular weight excluding hydrogens is 244 g/mol. The lowest BCUT2D eigenvalue weighted by molar-refractivity contribution is -0.111. The number of aromatic nitrogens is 3. The Morgan fingerprint density at radius 3 is 2.83 bits per heavy atom. The zero-order valence-electron chi connectivity index (χ0n) is 9.38. The summed E-state index contributed by atoms with van der Waals surface area (Å²) in [6.07, 6.45) is -3.62. The largest absolute Gasteiger partial charge is 0.391 e. The molecule has 2 heterocycles. The number of anilines is 1. The molecule has 9 nitrogen and oxygen atoms in total. The smallest absolute Gasteiger partial charge is 0.354 e. The van der Waals surface area contributed by atoms with Crippen molar-refractivity contribution in [1.29, 1.82) is 0 Å². The average molecular weight is 258 g/mol. The summed E-state index contributed by atoms with van der Waals surface area (Å²) in [4.78, 5) is 18.6. The van der Waals surface area contributed by atoms with Crippen molar-refractivity contribution in [2.24, 2.45) is 0 Å². The van der Waals surface area contributed by atoms with E-state index in [2.05, 4.69) is 9.97 Å². The minimum atomic E-state index is -1.37. The Labute approximate surface area is 101 Å². The molecule has 1 aliphatic rings. The first kappa shape index (κ1) is 12.9. The van der Waals surface area contributed by atoms with Crippen molar-refractivity contribution in [2.45, 2.75) is 31.0 Å². The quantitative estimate of drug-likeness (QED) is 0.423. The van der Waals surface area contributed by atoms with Gasteiger partial charge in [-0.15, -0.1) is 0 Å². The van der Waals surface area contributed by atoms with E-state index in [1.807, 2.05) is 0 Å². The fourth-order valence-corrected chi connectivity index (χ4v) is 1.76. The highest BCUT2D eigenvalue weighted by Gasteiger charge is 2.34. The number of aliphatic hydroxyl groups is 3. The van der Waals surface area contributed by atoms with E-state index in [0.29, 0.717) is 0 Å². The minimum Gasteiger partial charge on any atom is -0.391 e. The molecule has 0 saturated carbocycles. The van der Waals surface area contributed by atoms with Gasteiger partial charge in [0.05, 0.1) is 18.8 Å². The highest BCUT2D eigenvalue weighted by Crippen LogP contribution is 2.21. The normalized spacial score (nSPS) is 33.1. The molecule has 0 amide bonds. The van der Waals surface area contributed by atoms with E-state index < -0.39 is 30.2 Å². The summed E-state index contributed by atoms with van der Waals surface area (Å²) < 4.78 is 6.11. The van der Waals surface area contributed by atoms with E-state index in [9.17, 15) is 20.1 Å². The van der Waals surface area contributed by atoms with Crippen molar-refractivity contribution in [3.8, 4) is 0 Å². The van der Waals surface area contributed by atoms with Gasteiger partial charge in [-0.25, -0.2) is 9.78 Å². The summed E-state index contributed by atoms with van der Waals surface area (Å²) in [5.41, 5.74) is 4.49. The Morgan fingerprint density at radius 2 is 2.17 bits per heavy atom. The number of hydrogen-bond acceptors (Lipinski definition) is 8. The predicted octanol–water partition coefficient (Wildman–Crippen LogP) is -2.78. The van der Waals surface area contributed by atoms with Crippen molar-refractivity contribution < 1.29 is 20.1 Å². The van der Waals surface area contributed by atoms with Crippen molar-refractivity contribution >= 4 is 5.95 Å². The fourth-order valence-electron chi connectivity index (χ4n) is 1.76. The van der Waals surface area contributed by atoms with Crippen molar-refractivity contribution in [3.63, 3.8) is 0 Å². The molecule has 1 aromatic rings. The first-order chi connectivity index (χ1) is 8.49. The van der Waals surface area contributed by atoms with Gasteiger partial charge in [0.15, 0.2) is 6.23 Å². The summed E-state index contributed by atoms with van der Waals surface area (Å²) in [7, 11) is 0. The van der Waals surface area contributed by atoms with Crippen LogP contribution in [0, 0.1) is 0 Å². The van der Waals surface area contributed by atoms with E-state index in [-0.39, 0.29) is 19.0 Å². The second kappa shape index (κ2) is 4.98. The molecule has 2 rings (SSSR count). The van der Waals surface area contributed by atoms with Gasteiger partial charge in [-0.1, -0.05) is 0 Å². The van der Waals surface area contributed by atoms with Crippen molar-refractivity contribution in [3.05, 3.63) is 16.8 Å². The van der Waals surface area contributed by atoms with E-state index >= 15 is 0 Å². The predicted molar refractivity (Wildman–Crippen MR) is 58.3 cm³/mol. The van der Waals surface area contributed by atoms with Gasteiger partial charge in [-0.05, 0) is 0 Å². The summed E-state index contributed by atoms with van der Waals surface area (Å²) in [5, 5.41) is 28.9. The topological polar surface area (TPSA) is 144 Å². The Kier molecular flexibility index (Phi) is 3.57. The highest BCUT2D eigenvalue weighted by atomic mass is 16.5. The van der Waals surface area contributed by atoms with Gasteiger partial charge in [0.2, 0.25) is 5.95 Å². The number of rotatable bonds is 1. The molecule has 100 valence electrons. The highest BCUT2D eigenvalue weighted by molar-refractivity contribution is 5.09. The molecule has 18 heavy (non-hydrogen) atoms. The molecule has 9 heteroatoms. The van der Waals surface area contributed by atoms with E-state index in [1.54, 1.807) is 0 Å². The molecular formula is C9H14N4O5. The third-order valence-corrected chi connectivity index (χ3v) is 2.68. The van der Waals surface area contributed by atoms with Gasteiger partial charge in [-0.2, -0.15) is 4.98 Å². The Morgan fingerprint density at radius 1 is 1.44 bits per heavy atom. The Bertz CT molecular complexity index is 478. The molecule has 0 spiro atoms. The van der Waals surface area contributed by atoms with Gasteiger partial charge in [-0.3, -0.25) is 4.57 Å². The Balaban J connectivity index is 2.33. The van der Waals surface area contributed by atoms with Crippen LogP contribution in [0.3, 0.4) is 0 Å². The fraction of sp³-hybridized carbons (Fsp3) is 0.667. The second-order valence-corrected chi connectivity index (χ2v) is 4.08. The van der Waals surface area contributed by atoms with Crippen LogP contribution in [0.1, 0.15) is 12.6 Å². The molecule has 1 aromatic heterocycles. The third-order valence-electron chi connectivity index (χ3n) is 2.68. The van der Waals surface area contributed by atoms with Crippen LogP contribution in [0.5, 0.6) is 0 Å². The number of nitrogen functional groups attached to an aromatic ring is 1. The first-order valence-corrected chi connectivity index (χ1v) is 5.35. The minimum absolute atomic E-state index is 0.0394. The monoisotopic (exact) mass is 258 g/mol. The zero-order valence-corrected chi connectivity index (χ0v) is 9.38. The molecule has 2 unspecified atom stereocenters. The molecule has 1 aliphatic heterocycles. The molecule has 0 radical (unpaired) electrons. The van der Waals surface area contributed by atoms with Crippen LogP contribution in [0.25, 0.3) is 0 Å². The maximum Gasteiger partial charge on any atom is 0.354 e. The number of nitrogens with two attached hydrogens (primary N) is 1. The van der Waals surface area contributed by atoms with Crippen molar-refractivity contribution in [1.82, 2.24) is 14.5 Å². The van der Waals surface area contributed by atoms with E-state index in [1.165, 1.54) is 0 Å². The number of hydrogen-bond donors (Lipinski definition) is 4. The maximum atomic E-state index is 11.6. The van der Waals surface area contributed by atoms with Crippen LogP contribution in [0.4, 0.5) is 5.95 Å². The molecule has 0 bridgehead atoms. The summed E-state index contributed by atoms with van der Waals surface area (Å²) in [6.45, 7) is -0.115. The summed E-state index contributed by atoms with van der Waals surface area (Å²) in [6, 6.07) is 0. The molecule has 5 N–H and O–H groups in total. The number of nitrogens with zero attached hydrogens (tertiary/aromatic N) is 3. The van der Waals surface area contributed by atoms with Gasteiger partial charge < -0.3 is 25.8 Å². The van der Waals surface area contributed by atoms with Gasteiger partial charge in [0.1, 0.15) is 12.4 Å². The van der Waals surface area contributed by atoms with Crippen LogP contribution in [-0.4, -0.2) is 54.8 Å². The lowest BCUT2D eigenvalue weighted by atomic mass is 10.1. The van der Waals surface area contributed by atoms with Gasteiger partial charge >= 0.3 is 5.69 Å². The second-order valence-electron chi connectivity index (χ2n) is 4.08. The third kappa shape index (κ3) is 2.48. The molecule has 0 aromatic carbocycles. The van der Waals surface area contributed by atoms with Gasteiger partial charge in [0.25, 0.3) is 0 Å². The van der Waals surface area contributed by atoms with E-state index in [4.69, 9.17) is 10.5 Å². The van der Waals surface area contributed by atoms with Crippen LogP contribution in [-0.2, 0) is 4.74 Å². The average Bonchev–Trinajstić information content (AvgIpc) is 2.41. The number of ether oxygens (including phenoxy) is 1. The lowest BCUT2D eigenvalue weighted by Crippen LogP contribution is -2.40. The molecule has 1 saturated heterocycles. The molecule has 4 atom stereocenters. The molecule has 0 aliphatic carbocycles. The molecule has 1 fully saturated rings. The van der Waals surface area contributed by atoms with Crippen LogP contribution >= 0.6 is 0 Å². The maximum absolute atomic E-state index is 11.6. The van der Waals surface area contributed by atoms with Crippen LogP contribution in [0.2, 0.25) is 0 Å². The van der Waals surface area contributed by atoms with Gasteiger partial charge in [0, 0.05) is 6.42 Å². The first-order valence-electron chi connectivity index (χ1n) is 5.35. The Hall–Kier alpha value is -1.55. The zero-order chi connectivity index (χ0) is 13.3. The summed E-state index contributed by atoms with van der Waals surface area (Å²) >= 11 is 0. The van der Waals surface area contributed by atoms with Crippen LogP contribution < -0.4 is 11.4 Å². The number of aliphatic hydroxyl groups excluding tert-OH is 3. The standard InChI is InChI=1S/C9H14N4O5/c10-8-11-3-13(9(17)12-8)7-6(16)5(15)1-4(14)2-18-7/h3-7,14-16H,1-2H2,(H2,10,12,17)/t4?,5-,6?,7-/m1/s1. The summed E-state index contributed by atoms with van der Waals surface area (Å²) in [5.74, 6) is -0.194. The lowest BCUT2D eigenvalue weighted by Gasteiger charge is -2.24. The van der Waals surface area contributed by atoms with Crippen molar-refractivity contribution in [2.75, 3.05) is 12.3 Å². The van der Waals surface area contributed by atoms with Crippen LogP contribution in [0.15, 0.2) is 11.1 Å².